The molecule has 0 spiro atoms. The molecule has 0 saturated carbocycles. The number of nitrogens with one attached hydrogen (secondary N) is 2. The van der Waals surface area contributed by atoms with Crippen molar-refractivity contribution >= 4 is 38.9 Å². The minimum Gasteiger partial charge on any atom is -0.315 e. The predicted octanol–water partition coefficient (Wildman–Crippen LogP) is 3.51. The van der Waals surface area contributed by atoms with Crippen LogP contribution in [0.15, 0.2) is 18.2 Å². The third kappa shape index (κ3) is 6.79. The second-order valence-electron chi connectivity index (χ2n) is 4.86. The smallest absolute Gasteiger partial charge is 0.232 e. The normalized spacial score (nSPS) is 11.8. The molecule has 20 heavy (non-hydrogen) atoms. The average Bonchev–Trinajstić information content (AvgIpc) is 2.32. The first-order valence-electron chi connectivity index (χ1n) is 6.49. The summed E-state index contributed by atoms with van der Waals surface area (Å²) in [6, 6.07) is 5.09. The molecule has 0 fully saturated rings. The zero-order valence-electron chi connectivity index (χ0n) is 11.6. The first kappa shape index (κ1) is 17.6. The molecule has 0 aliphatic rings. The average molecular weight is 339 g/mol. The van der Waals surface area contributed by atoms with Gasteiger partial charge in [0, 0.05) is 11.1 Å². The van der Waals surface area contributed by atoms with Gasteiger partial charge < -0.3 is 5.32 Å². The maximum Gasteiger partial charge on any atom is 0.232 e. The lowest BCUT2D eigenvalue weighted by Crippen LogP contribution is -2.24. The maximum atomic E-state index is 11.9. The van der Waals surface area contributed by atoms with Gasteiger partial charge in [-0.3, -0.25) is 4.72 Å². The molecule has 0 bridgehead atoms. The topological polar surface area (TPSA) is 58.2 Å². The van der Waals surface area contributed by atoms with Gasteiger partial charge >= 0.3 is 0 Å². The van der Waals surface area contributed by atoms with Crippen molar-refractivity contribution in [2.24, 2.45) is 0 Å². The molecule has 4 nitrogen and oxygen atoms in total. The van der Waals surface area contributed by atoms with Crippen LogP contribution < -0.4 is 10.0 Å². The van der Waals surface area contributed by atoms with Crippen molar-refractivity contribution < 1.29 is 8.42 Å². The van der Waals surface area contributed by atoms with Crippen LogP contribution in [0, 0.1) is 0 Å². The van der Waals surface area contributed by atoms with E-state index in [0.29, 0.717) is 28.2 Å². The van der Waals surface area contributed by atoms with Gasteiger partial charge in [0.1, 0.15) is 0 Å². The monoisotopic (exact) mass is 338 g/mol. The highest BCUT2D eigenvalue weighted by molar-refractivity contribution is 7.92. The summed E-state index contributed by atoms with van der Waals surface area (Å²) in [5.41, 5.74) is 0.319. The summed E-state index contributed by atoms with van der Waals surface area (Å²) < 4.78 is 26.3. The quantitative estimate of drug-likeness (QED) is 0.713. The highest BCUT2D eigenvalue weighted by Crippen LogP contribution is 2.26. The fourth-order valence-electron chi connectivity index (χ4n) is 1.60. The summed E-state index contributed by atoms with van der Waals surface area (Å²) in [5, 5.41) is 4.02. The second-order valence-corrected chi connectivity index (χ2v) is 7.55. The van der Waals surface area contributed by atoms with Crippen LogP contribution in [-0.4, -0.2) is 26.8 Å². The Labute approximate surface area is 130 Å². The maximum absolute atomic E-state index is 11.9. The highest BCUT2D eigenvalue weighted by Gasteiger charge is 2.12. The summed E-state index contributed by atoms with van der Waals surface area (Å²) in [6.45, 7) is 4.92. The number of unbranched alkanes of at least 4 members (excludes halogenated alkanes) is 1. The fourth-order valence-corrected chi connectivity index (χ4v) is 3.19. The Kier molecular flexibility index (Phi) is 7.09. The van der Waals surface area contributed by atoms with E-state index in [0.717, 1.165) is 13.0 Å². The van der Waals surface area contributed by atoms with Crippen molar-refractivity contribution in [3.63, 3.8) is 0 Å². The van der Waals surface area contributed by atoms with E-state index >= 15 is 0 Å². The summed E-state index contributed by atoms with van der Waals surface area (Å²) >= 11 is 11.7. The first-order chi connectivity index (χ1) is 9.30. The SMILES string of the molecule is CC(C)NCCCCS(=O)(=O)Nc1cc(Cl)ccc1Cl. The van der Waals surface area contributed by atoms with Gasteiger partial charge in [0.25, 0.3) is 0 Å². The molecule has 1 aromatic carbocycles. The Morgan fingerprint density at radius 2 is 1.90 bits per heavy atom. The van der Waals surface area contributed by atoms with E-state index in [4.69, 9.17) is 23.2 Å². The van der Waals surface area contributed by atoms with Gasteiger partial charge in [-0.25, -0.2) is 8.42 Å². The summed E-state index contributed by atoms with van der Waals surface area (Å²) in [5.74, 6) is 0.0651. The van der Waals surface area contributed by atoms with Gasteiger partial charge in [0.05, 0.1) is 16.5 Å². The molecule has 114 valence electrons. The van der Waals surface area contributed by atoms with Crippen LogP contribution in [0.25, 0.3) is 0 Å². The number of halogens is 2. The van der Waals surface area contributed by atoms with Gasteiger partial charge in [-0.05, 0) is 37.6 Å². The fraction of sp³-hybridized carbons (Fsp3) is 0.538. The molecule has 7 heteroatoms. The lowest BCUT2D eigenvalue weighted by atomic mass is 10.3. The van der Waals surface area contributed by atoms with Crippen LogP contribution >= 0.6 is 23.2 Å². The molecule has 0 unspecified atom stereocenters. The predicted molar refractivity (Wildman–Crippen MR) is 86.2 cm³/mol. The van der Waals surface area contributed by atoms with Gasteiger partial charge in [-0.15, -0.1) is 0 Å². The van der Waals surface area contributed by atoms with Crippen molar-refractivity contribution in [2.45, 2.75) is 32.7 Å². The van der Waals surface area contributed by atoms with E-state index in [1.807, 2.05) is 0 Å². The minimum absolute atomic E-state index is 0.0651. The van der Waals surface area contributed by atoms with Crippen molar-refractivity contribution in [2.75, 3.05) is 17.0 Å². The van der Waals surface area contributed by atoms with Crippen LogP contribution in [0.3, 0.4) is 0 Å². The van der Waals surface area contributed by atoms with E-state index in [1.54, 1.807) is 12.1 Å². The molecular formula is C13H20Cl2N2O2S. The van der Waals surface area contributed by atoms with Crippen molar-refractivity contribution in [3.05, 3.63) is 28.2 Å². The Balaban J connectivity index is 2.47. The molecule has 0 saturated heterocycles. The molecule has 0 aliphatic heterocycles. The molecule has 1 rings (SSSR count). The van der Waals surface area contributed by atoms with Gasteiger partial charge in [-0.1, -0.05) is 37.0 Å². The molecule has 0 heterocycles. The zero-order chi connectivity index (χ0) is 15.2. The Hall–Kier alpha value is -0.490. The Bertz CT molecular complexity index is 533. The third-order valence-electron chi connectivity index (χ3n) is 2.59. The molecule has 0 aromatic heterocycles. The highest BCUT2D eigenvalue weighted by atomic mass is 35.5. The molecule has 2 N–H and O–H groups in total. The number of rotatable bonds is 8. The second kappa shape index (κ2) is 8.08. The van der Waals surface area contributed by atoms with Gasteiger partial charge in [0.15, 0.2) is 0 Å². The van der Waals surface area contributed by atoms with Crippen molar-refractivity contribution in [1.29, 1.82) is 0 Å². The number of anilines is 1. The summed E-state index contributed by atoms with van der Waals surface area (Å²) in [6.07, 6.45) is 1.40. The van der Waals surface area contributed by atoms with Crippen molar-refractivity contribution in [3.8, 4) is 0 Å². The molecule has 0 radical (unpaired) electrons. The molecule has 0 atom stereocenters. The zero-order valence-corrected chi connectivity index (χ0v) is 13.9. The molecule has 1 aromatic rings. The first-order valence-corrected chi connectivity index (χ1v) is 8.90. The number of hydrogen-bond donors (Lipinski definition) is 2. The van der Waals surface area contributed by atoms with E-state index in [9.17, 15) is 8.42 Å². The Morgan fingerprint density at radius 1 is 1.20 bits per heavy atom. The van der Waals surface area contributed by atoms with Crippen LogP contribution in [0.4, 0.5) is 5.69 Å². The minimum atomic E-state index is -3.40. The molecular weight excluding hydrogens is 319 g/mol. The third-order valence-corrected chi connectivity index (χ3v) is 4.51. The van der Waals surface area contributed by atoms with Gasteiger partial charge in [0.2, 0.25) is 10.0 Å². The van der Waals surface area contributed by atoms with Gasteiger partial charge in [-0.2, -0.15) is 0 Å². The Morgan fingerprint density at radius 3 is 2.55 bits per heavy atom. The molecule has 0 amide bonds. The van der Waals surface area contributed by atoms with Crippen LogP contribution in [0.1, 0.15) is 26.7 Å². The van der Waals surface area contributed by atoms with Crippen LogP contribution in [-0.2, 0) is 10.0 Å². The van der Waals surface area contributed by atoms with E-state index in [-0.39, 0.29) is 5.75 Å². The van der Waals surface area contributed by atoms with E-state index in [1.165, 1.54) is 6.07 Å². The number of sulfonamides is 1. The lowest BCUT2D eigenvalue weighted by Gasteiger charge is -2.11. The molecule has 0 aliphatic carbocycles. The summed E-state index contributed by atoms with van der Waals surface area (Å²) in [4.78, 5) is 0. The summed E-state index contributed by atoms with van der Waals surface area (Å²) in [7, 11) is -3.40. The standard InChI is InChI=1S/C13H20Cl2N2O2S/c1-10(2)16-7-3-4-8-20(18,19)17-13-9-11(14)5-6-12(13)15/h5-6,9-10,16-17H,3-4,7-8H2,1-2H3. The van der Waals surface area contributed by atoms with Crippen molar-refractivity contribution in [1.82, 2.24) is 5.32 Å². The van der Waals surface area contributed by atoms with E-state index < -0.39 is 10.0 Å². The van der Waals surface area contributed by atoms with E-state index in [2.05, 4.69) is 23.9 Å². The van der Waals surface area contributed by atoms with Crippen LogP contribution in [0.2, 0.25) is 10.0 Å². The number of hydrogen-bond acceptors (Lipinski definition) is 3. The number of benzene rings is 1. The lowest BCUT2D eigenvalue weighted by molar-refractivity contribution is 0.561. The van der Waals surface area contributed by atoms with Crippen LogP contribution in [0.5, 0.6) is 0 Å². The largest absolute Gasteiger partial charge is 0.315 e.